The summed E-state index contributed by atoms with van der Waals surface area (Å²) in [4.78, 5) is 0. The maximum absolute atomic E-state index is 5.67. The van der Waals surface area contributed by atoms with Crippen molar-refractivity contribution in [2.75, 3.05) is 0 Å². The first-order chi connectivity index (χ1) is 4.74. The smallest absolute Gasteiger partial charge is 0.0114 e. The Labute approximate surface area is 63.3 Å². The van der Waals surface area contributed by atoms with E-state index in [1.54, 1.807) is 11.1 Å². The third-order valence-corrected chi connectivity index (χ3v) is 2.25. The highest BCUT2D eigenvalue weighted by Crippen LogP contribution is 2.29. The fourth-order valence-electron chi connectivity index (χ4n) is 1.47. The molecular formula is C9H17N. The lowest BCUT2D eigenvalue weighted by atomic mass is 9.83. The molecule has 0 atom stereocenters. The van der Waals surface area contributed by atoms with Crippen molar-refractivity contribution in [2.24, 2.45) is 5.73 Å². The van der Waals surface area contributed by atoms with Crippen molar-refractivity contribution in [1.82, 2.24) is 0 Å². The van der Waals surface area contributed by atoms with Gasteiger partial charge < -0.3 is 5.73 Å². The average Bonchev–Trinajstić information content (AvgIpc) is 1.82. The highest BCUT2D eigenvalue weighted by Gasteiger charge is 2.19. The van der Waals surface area contributed by atoms with Crippen LogP contribution in [0.25, 0.3) is 0 Å². The summed E-state index contributed by atoms with van der Waals surface area (Å²) in [5.74, 6) is 0. The zero-order valence-electron chi connectivity index (χ0n) is 6.98. The SMILES string of the molecule is CCCC(C)=C1CC(N)C1. The van der Waals surface area contributed by atoms with Crippen LogP contribution >= 0.6 is 0 Å². The van der Waals surface area contributed by atoms with Gasteiger partial charge in [-0.25, -0.2) is 0 Å². The van der Waals surface area contributed by atoms with Crippen LogP contribution in [0.1, 0.15) is 39.5 Å². The van der Waals surface area contributed by atoms with Crippen LogP contribution < -0.4 is 5.73 Å². The fraction of sp³-hybridized carbons (Fsp3) is 0.778. The second-order valence-electron chi connectivity index (χ2n) is 3.30. The summed E-state index contributed by atoms with van der Waals surface area (Å²) in [5, 5.41) is 0. The van der Waals surface area contributed by atoms with E-state index in [0.29, 0.717) is 6.04 Å². The van der Waals surface area contributed by atoms with Gasteiger partial charge in [-0.3, -0.25) is 0 Å². The van der Waals surface area contributed by atoms with Gasteiger partial charge in [0.05, 0.1) is 0 Å². The molecule has 1 aliphatic carbocycles. The van der Waals surface area contributed by atoms with Crippen molar-refractivity contribution in [3.63, 3.8) is 0 Å². The van der Waals surface area contributed by atoms with E-state index in [1.807, 2.05) is 0 Å². The Balaban J connectivity index is 2.37. The molecule has 0 aromatic carbocycles. The second-order valence-corrected chi connectivity index (χ2v) is 3.30. The summed E-state index contributed by atoms with van der Waals surface area (Å²) in [7, 11) is 0. The van der Waals surface area contributed by atoms with Gasteiger partial charge in [0, 0.05) is 6.04 Å². The van der Waals surface area contributed by atoms with Crippen LogP contribution in [0.3, 0.4) is 0 Å². The fourth-order valence-corrected chi connectivity index (χ4v) is 1.47. The van der Waals surface area contributed by atoms with Crippen LogP contribution in [-0.2, 0) is 0 Å². The van der Waals surface area contributed by atoms with E-state index in [1.165, 1.54) is 12.8 Å². The van der Waals surface area contributed by atoms with E-state index in [2.05, 4.69) is 13.8 Å². The third kappa shape index (κ3) is 1.60. The molecule has 2 N–H and O–H groups in total. The molecular weight excluding hydrogens is 122 g/mol. The zero-order valence-corrected chi connectivity index (χ0v) is 6.98. The molecule has 1 nitrogen and oxygen atoms in total. The Hall–Kier alpha value is -0.300. The van der Waals surface area contributed by atoms with Crippen LogP contribution in [0.2, 0.25) is 0 Å². The summed E-state index contributed by atoms with van der Waals surface area (Å²) < 4.78 is 0. The molecule has 1 rings (SSSR count). The van der Waals surface area contributed by atoms with E-state index >= 15 is 0 Å². The van der Waals surface area contributed by atoms with E-state index in [0.717, 1.165) is 12.8 Å². The molecule has 0 heterocycles. The Kier molecular flexibility index (Phi) is 2.50. The van der Waals surface area contributed by atoms with Crippen LogP contribution in [0, 0.1) is 0 Å². The maximum Gasteiger partial charge on any atom is 0.0114 e. The lowest BCUT2D eigenvalue weighted by Crippen LogP contribution is -2.30. The van der Waals surface area contributed by atoms with Crippen molar-refractivity contribution < 1.29 is 0 Å². The molecule has 0 radical (unpaired) electrons. The monoisotopic (exact) mass is 139 g/mol. The Bertz CT molecular complexity index is 133. The number of nitrogens with two attached hydrogens (primary N) is 1. The van der Waals surface area contributed by atoms with Gasteiger partial charge in [0.25, 0.3) is 0 Å². The second kappa shape index (κ2) is 3.20. The van der Waals surface area contributed by atoms with Crippen molar-refractivity contribution in [3.8, 4) is 0 Å². The molecule has 0 amide bonds. The predicted molar refractivity (Wildman–Crippen MR) is 44.8 cm³/mol. The summed E-state index contributed by atoms with van der Waals surface area (Å²) >= 11 is 0. The first-order valence-corrected chi connectivity index (χ1v) is 4.17. The van der Waals surface area contributed by atoms with Crippen molar-refractivity contribution >= 4 is 0 Å². The minimum absolute atomic E-state index is 0.474. The molecule has 0 aromatic rings. The third-order valence-electron chi connectivity index (χ3n) is 2.25. The molecule has 0 aromatic heterocycles. The predicted octanol–water partition coefficient (Wildman–Crippen LogP) is 2.22. The van der Waals surface area contributed by atoms with Crippen molar-refractivity contribution in [1.29, 1.82) is 0 Å². The topological polar surface area (TPSA) is 26.0 Å². The number of rotatable bonds is 2. The number of hydrogen-bond acceptors (Lipinski definition) is 1. The Morgan fingerprint density at radius 2 is 2.20 bits per heavy atom. The van der Waals surface area contributed by atoms with Crippen molar-refractivity contribution in [2.45, 2.75) is 45.6 Å². The molecule has 0 unspecified atom stereocenters. The first kappa shape index (κ1) is 7.80. The summed E-state index contributed by atoms with van der Waals surface area (Å²) in [6.45, 7) is 4.47. The largest absolute Gasteiger partial charge is 0.327 e. The minimum atomic E-state index is 0.474. The van der Waals surface area contributed by atoms with E-state index < -0.39 is 0 Å². The molecule has 1 heteroatoms. The van der Waals surface area contributed by atoms with Gasteiger partial charge in [-0.1, -0.05) is 24.5 Å². The van der Waals surface area contributed by atoms with E-state index in [-0.39, 0.29) is 0 Å². The summed E-state index contributed by atoms with van der Waals surface area (Å²) in [5.41, 5.74) is 8.88. The normalized spacial score (nSPS) is 24.3. The van der Waals surface area contributed by atoms with Gasteiger partial charge in [0.2, 0.25) is 0 Å². The van der Waals surface area contributed by atoms with E-state index in [9.17, 15) is 0 Å². The van der Waals surface area contributed by atoms with E-state index in [4.69, 9.17) is 5.73 Å². The lowest BCUT2D eigenvalue weighted by molar-refractivity contribution is 0.530. The van der Waals surface area contributed by atoms with Crippen LogP contribution in [0.4, 0.5) is 0 Å². The standard InChI is InChI=1S/C9H17N/c1-3-4-7(2)8-5-9(10)6-8/h9H,3-6,10H2,1-2H3. The van der Waals surface area contributed by atoms with Gasteiger partial charge in [0.15, 0.2) is 0 Å². The van der Waals surface area contributed by atoms with Gasteiger partial charge >= 0.3 is 0 Å². The summed E-state index contributed by atoms with van der Waals surface area (Å²) in [6, 6.07) is 0.474. The molecule has 1 saturated carbocycles. The minimum Gasteiger partial charge on any atom is -0.327 e. The molecule has 0 spiro atoms. The average molecular weight is 139 g/mol. The Morgan fingerprint density at radius 3 is 2.60 bits per heavy atom. The highest BCUT2D eigenvalue weighted by atomic mass is 14.7. The lowest BCUT2D eigenvalue weighted by Gasteiger charge is -2.27. The van der Waals surface area contributed by atoms with Crippen LogP contribution in [-0.4, -0.2) is 6.04 Å². The molecule has 0 bridgehead atoms. The summed E-state index contributed by atoms with van der Waals surface area (Å²) in [6.07, 6.45) is 4.85. The molecule has 1 fully saturated rings. The first-order valence-electron chi connectivity index (χ1n) is 4.17. The zero-order chi connectivity index (χ0) is 7.56. The van der Waals surface area contributed by atoms with Crippen molar-refractivity contribution in [3.05, 3.63) is 11.1 Å². The molecule has 1 aliphatic rings. The quantitative estimate of drug-likeness (QED) is 0.583. The number of allylic oxidation sites excluding steroid dienone is 1. The molecule has 58 valence electrons. The molecule has 10 heavy (non-hydrogen) atoms. The van der Waals surface area contributed by atoms with Crippen LogP contribution in [0.5, 0.6) is 0 Å². The van der Waals surface area contributed by atoms with Crippen LogP contribution in [0.15, 0.2) is 11.1 Å². The molecule has 0 aliphatic heterocycles. The van der Waals surface area contributed by atoms with Gasteiger partial charge in [-0.2, -0.15) is 0 Å². The van der Waals surface area contributed by atoms with Gasteiger partial charge in [-0.15, -0.1) is 0 Å². The van der Waals surface area contributed by atoms with Gasteiger partial charge in [-0.05, 0) is 26.2 Å². The van der Waals surface area contributed by atoms with Gasteiger partial charge in [0.1, 0.15) is 0 Å². The molecule has 0 saturated heterocycles. The number of hydrogen-bond donors (Lipinski definition) is 1. The maximum atomic E-state index is 5.67. The highest BCUT2D eigenvalue weighted by molar-refractivity contribution is 5.21. The Morgan fingerprint density at radius 1 is 1.60 bits per heavy atom.